The largest absolute Gasteiger partial charge is 0.440 e. The highest BCUT2D eigenvalue weighted by Crippen LogP contribution is 2.46. The Balaban J connectivity index is 1.56. The number of amides is 1. The minimum atomic E-state index is -1.50. The monoisotopic (exact) mass is 485 g/mol. The number of esters is 1. The molecule has 1 aliphatic carbocycles. The molecule has 1 amide bonds. The van der Waals surface area contributed by atoms with Crippen LogP contribution in [0.1, 0.15) is 91.8 Å². The Bertz CT molecular complexity index is 1470. The van der Waals surface area contributed by atoms with Gasteiger partial charge >= 0.3 is 5.97 Å². The molecular weight excluding hydrogens is 454 g/mol. The Labute approximate surface area is 209 Å². The van der Waals surface area contributed by atoms with Gasteiger partial charge in [-0.15, -0.1) is 0 Å². The van der Waals surface area contributed by atoms with E-state index in [4.69, 9.17) is 9.72 Å². The second kappa shape index (κ2) is 8.57. The van der Waals surface area contributed by atoms with Crippen LogP contribution in [0.2, 0.25) is 0 Å². The van der Waals surface area contributed by atoms with Gasteiger partial charge in [-0.2, -0.15) is 0 Å². The van der Waals surface area contributed by atoms with Gasteiger partial charge in [-0.3, -0.25) is 9.59 Å². The highest BCUT2D eigenvalue weighted by molar-refractivity contribution is 6.02. The molecule has 7 heteroatoms. The van der Waals surface area contributed by atoms with Crippen LogP contribution in [0.5, 0.6) is 0 Å². The smallest absolute Gasteiger partial charge is 0.345 e. The van der Waals surface area contributed by atoms with Crippen LogP contribution in [0.15, 0.2) is 35.1 Å². The number of para-hydroxylation sites is 1. The van der Waals surface area contributed by atoms with E-state index >= 15 is 0 Å². The highest BCUT2D eigenvalue weighted by Gasteiger charge is 2.52. The van der Waals surface area contributed by atoms with Gasteiger partial charge in [0.25, 0.3) is 11.5 Å². The summed E-state index contributed by atoms with van der Waals surface area (Å²) >= 11 is 0. The zero-order valence-electron chi connectivity index (χ0n) is 20.9. The molecule has 1 N–H and O–H groups in total. The first-order chi connectivity index (χ1) is 17.5. The topological polar surface area (TPSA) is 90.3 Å². The van der Waals surface area contributed by atoms with E-state index in [1.165, 1.54) is 18.4 Å². The quantitative estimate of drug-likeness (QED) is 0.314. The summed E-state index contributed by atoms with van der Waals surface area (Å²) in [5, 5.41) is 4.06. The summed E-state index contributed by atoms with van der Waals surface area (Å²) in [7, 11) is 0. The number of aromatic nitrogens is 2. The van der Waals surface area contributed by atoms with Gasteiger partial charge in [0.2, 0.25) is 5.60 Å². The van der Waals surface area contributed by atoms with Crippen molar-refractivity contribution < 1.29 is 14.3 Å². The lowest BCUT2D eigenvalue weighted by atomic mass is 9.87. The predicted octanol–water partition coefficient (Wildman–Crippen LogP) is 4.77. The summed E-state index contributed by atoms with van der Waals surface area (Å²) < 4.78 is 7.35. The Morgan fingerprint density at radius 1 is 1.19 bits per heavy atom. The maximum absolute atomic E-state index is 13.7. The van der Waals surface area contributed by atoms with E-state index < -0.39 is 17.1 Å². The summed E-state index contributed by atoms with van der Waals surface area (Å²) in [4.78, 5) is 45.1. The van der Waals surface area contributed by atoms with Crippen molar-refractivity contribution >= 4 is 22.8 Å². The molecule has 0 saturated heterocycles. The van der Waals surface area contributed by atoms with Crippen LogP contribution in [-0.4, -0.2) is 28.0 Å². The first kappa shape index (κ1) is 23.0. The molecule has 3 aliphatic rings. The molecule has 4 heterocycles. The molecule has 6 rings (SSSR count). The molecule has 0 bridgehead atoms. The first-order valence-electron chi connectivity index (χ1n) is 13.2. The molecule has 0 spiro atoms. The summed E-state index contributed by atoms with van der Waals surface area (Å²) in [6.07, 6.45) is 6.68. The van der Waals surface area contributed by atoms with Crippen molar-refractivity contribution in [2.75, 3.05) is 6.54 Å². The van der Waals surface area contributed by atoms with Crippen LogP contribution in [0.4, 0.5) is 0 Å². The minimum absolute atomic E-state index is 0.0222. The molecule has 2 aliphatic heterocycles. The van der Waals surface area contributed by atoms with Crippen molar-refractivity contribution in [3.8, 4) is 11.4 Å². The fourth-order valence-electron chi connectivity index (χ4n) is 6.38. The first-order valence-corrected chi connectivity index (χ1v) is 13.2. The third-order valence-corrected chi connectivity index (χ3v) is 8.25. The molecule has 7 nitrogen and oxygen atoms in total. The van der Waals surface area contributed by atoms with E-state index in [2.05, 4.69) is 11.4 Å². The Kier molecular flexibility index (Phi) is 5.47. The summed E-state index contributed by atoms with van der Waals surface area (Å²) in [6.45, 7) is 4.74. The zero-order valence-corrected chi connectivity index (χ0v) is 20.9. The number of rotatable bonds is 6. The summed E-state index contributed by atoms with van der Waals surface area (Å²) in [5.41, 5.74) is 3.17. The lowest BCUT2D eigenvalue weighted by molar-refractivity contribution is -0.140. The van der Waals surface area contributed by atoms with Crippen LogP contribution in [-0.2, 0) is 21.7 Å². The highest BCUT2D eigenvalue weighted by atomic mass is 16.6. The van der Waals surface area contributed by atoms with Crippen molar-refractivity contribution in [3.63, 3.8) is 0 Å². The molecule has 0 radical (unpaired) electrons. The van der Waals surface area contributed by atoms with E-state index in [9.17, 15) is 14.4 Å². The number of nitrogens with zero attached hydrogens (tertiary/aromatic N) is 2. The maximum Gasteiger partial charge on any atom is 0.345 e. The average molecular weight is 486 g/mol. The molecule has 1 aromatic carbocycles. The molecule has 1 atom stereocenters. The van der Waals surface area contributed by atoms with Gasteiger partial charge in [-0.05, 0) is 49.3 Å². The Morgan fingerprint density at radius 3 is 2.72 bits per heavy atom. The number of hydrogen-bond acceptors (Lipinski definition) is 5. The third kappa shape index (κ3) is 3.18. The third-order valence-electron chi connectivity index (χ3n) is 8.25. The number of unbranched alkanes of at least 4 members (excludes halogenated alkanes) is 1. The molecule has 3 aromatic rings. The molecule has 1 saturated carbocycles. The SMILES string of the molecule is CCCCNC(=O)[C@]1(CC)OC(=O)c2c1cc1n(c2=O)Cc2c-1nc1ccccc1c2C1CCCC1. The van der Waals surface area contributed by atoms with Crippen LogP contribution in [0.25, 0.3) is 22.3 Å². The van der Waals surface area contributed by atoms with Gasteiger partial charge in [0.1, 0.15) is 5.56 Å². The number of benzene rings is 1. The summed E-state index contributed by atoms with van der Waals surface area (Å²) in [6, 6.07) is 9.99. The van der Waals surface area contributed by atoms with Gasteiger partial charge in [0.05, 0.1) is 23.4 Å². The summed E-state index contributed by atoms with van der Waals surface area (Å²) in [5.74, 6) is -0.651. The van der Waals surface area contributed by atoms with Crippen molar-refractivity contribution in [3.05, 3.63) is 62.9 Å². The number of ether oxygens (including phenoxy) is 1. The van der Waals surface area contributed by atoms with Gasteiger partial charge in [-0.1, -0.05) is 51.3 Å². The lowest BCUT2D eigenvalue weighted by Crippen LogP contribution is -2.45. The number of nitrogens with one attached hydrogen (secondary N) is 1. The molecule has 36 heavy (non-hydrogen) atoms. The number of cyclic esters (lactones) is 1. The molecule has 1 fully saturated rings. The van der Waals surface area contributed by atoms with Crippen molar-refractivity contribution in [1.82, 2.24) is 14.9 Å². The zero-order chi connectivity index (χ0) is 25.0. The Morgan fingerprint density at radius 2 is 1.97 bits per heavy atom. The number of fused-ring (bicyclic) bond motifs is 5. The second-order valence-corrected chi connectivity index (χ2v) is 10.2. The van der Waals surface area contributed by atoms with Crippen molar-refractivity contribution in [1.29, 1.82) is 0 Å². The fourth-order valence-corrected chi connectivity index (χ4v) is 6.38. The van der Waals surface area contributed by atoms with Crippen LogP contribution in [0, 0.1) is 0 Å². The van der Waals surface area contributed by atoms with Crippen LogP contribution < -0.4 is 10.9 Å². The minimum Gasteiger partial charge on any atom is -0.440 e. The van der Waals surface area contributed by atoms with Gasteiger partial charge in [0.15, 0.2) is 0 Å². The van der Waals surface area contributed by atoms with E-state index in [1.807, 2.05) is 38.1 Å². The van der Waals surface area contributed by atoms with Crippen LogP contribution in [0.3, 0.4) is 0 Å². The normalized spacial score (nSPS) is 20.3. The maximum atomic E-state index is 13.7. The lowest BCUT2D eigenvalue weighted by Gasteiger charge is -2.26. The number of pyridine rings is 2. The van der Waals surface area contributed by atoms with Crippen LogP contribution >= 0.6 is 0 Å². The van der Waals surface area contributed by atoms with Crippen molar-refractivity contribution in [2.24, 2.45) is 0 Å². The molecule has 186 valence electrons. The molecule has 0 unspecified atom stereocenters. The predicted molar refractivity (Wildman–Crippen MR) is 137 cm³/mol. The average Bonchev–Trinajstić information content (AvgIpc) is 3.60. The molecule has 2 aromatic heterocycles. The van der Waals surface area contributed by atoms with Gasteiger partial charge < -0.3 is 14.6 Å². The van der Waals surface area contributed by atoms with Crippen molar-refractivity contribution in [2.45, 2.75) is 76.9 Å². The number of carbonyl (C=O) groups excluding carboxylic acids is 2. The fraction of sp³-hybridized carbons (Fsp3) is 0.448. The van der Waals surface area contributed by atoms with E-state index in [0.717, 1.165) is 47.8 Å². The Hall–Kier alpha value is -3.48. The number of hydrogen-bond donors (Lipinski definition) is 1. The number of carbonyl (C=O) groups is 2. The van der Waals surface area contributed by atoms with Gasteiger partial charge in [-0.25, -0.2) is 9.78 Å². The van der Waals surface area contributed by atoms with E-state index in [-0.39, 0.29) is 17.9 Å². The second-order valence-electron chi connectivity index (χ2n) is 10.2. The van der Waals surface area contributed by atoms with E-state index in [1.54, 1.807) is 4.57 Å². The van der Waals surface area contributed by atoms with E-state index in [0.29, 0.717) is 30.3 Å². The van der Waals surface area contributed by atoms with Gasteiger partial charge in [0, 0.05) is 23.1 Å². The molecular formula is C29H31N3O4. The standard InChI is InChI=1S/C29H31N3O4/c1-3-5-14-30-28(35)29(4-2)20-15-22-25-19(16-32(22)26(33)24(20)27(34)36-29)23(17-10-6-7-11-17)18-12-8-9-13-21(18)31-25/h8-9,12-13,15,17H,3-7,10-11,14,16H2,1-2H3,(H,30,35)/t29-/m1/s1.